The van der Waals surface area contributed by atoms with Gasteiger partial charge in [-0.1, -0.05) is 59.9 Å². The maximum Gasteiger partial charge on any atom is 0.303 e. The van der Waals surface area contributed by atoms with E-state index in [9.17, 15) is 9.59 Å². The molecule has 162 valence electrons. The van der Waals surface area contributed by atoms with E-state index in [4.69, 9.17) is 26.8 Å². The molecule has 1 aliphatic rings. The van der Waals surface area contributed by atoms with Crippen LogP contribution in [0.25, 0.3) is 6.08 Å². The summed E-state index contributed by atoms with van der Waals surface area (Å²) in [5.41, 5.74) is 3.03. The summed E-state index contributed by atoms with van der Waals surface area (Å²) in [5.74, 6) is 0.0797. The van der Waals surface area contributed by atoms with Gasteiger partial charge in [-0.25, -0.2) is 0 Å². The van der Waals surface area contributed by atoms with Crippen LogP contribution < -0.4 is 9.47 Å². The number of carbonyl (C=O) groups is 2. The van der Waals surface area contributed by atoms with Crippen LogP contribution in [0.3, 0.4) is 0 Å². The van der Waals surface area contributed by atoms with Crippen molar-refractivity contribution < 1.29 is 24.2 Å². The number of thiocarbonyl (C=S) groups is 1. The van der Waals surface area contributed by atoms with Crippen LogP contribution in [0.5, 0.6) is 11.5 Å². The molecule has 0 spiro atoms. The van der Waals surface area contributed by atoms with Gasteiger partial charge in [0, 0.05) is 13.0 Å². The normalized spacial score (nSPS) is 14.9. The number of carboxylic acids is 1. The summed E-state index contributed by atoms with van der Waals surface area (Å²) >= 11 is 6.49. The zero-order valence-corrected chi connectivity index (χ0v) is 18.9. The van der Waals surface area contributed by atoms with E-state index in [0.29, 0.717) is 40.3 Å². The molecular formula is C23H23NO5S2. The Labute approximate surface area is 190 Å². The van der Waals surface area contributed by atoms with Crippen molar-refractivity contribution in [3.8, 4) is 11.5 Å². The number of aryl methyl sites for hydroxylation is 1. The van der Waals surface area contributed by atoms with Gasteiger partial charge in [0.2, 0.25) is 0 Å². The number of carboxylic acid groups (broad SMARTS) is 1. The first-order valence-corrected chi connectivity index (χ1v) is 10.9. The van der Waals surface area contributed by atoms with Gasteiger partial charge < -0.3 is 14.6 Å². The van der Waals surface area contributed by atoms with Gasteiger partial charge >= 0.3 is 5.97 Å². The van der Waals surface area contributed by atoms with Crippen LogP contribution in [-0.4, -0.2) is 39.9 Å². The molecule has 3 rings (SSSR count). The van der Waals surface area contributed by atoms with Gasteiger partial charge in [-0.05, 0) is 42.7 Å². The highest BCUT2D eigenvalue weighted by Crippen LogP contribution is 2.35. The lowest BCUT2D eigenvalue weighted by molar-refractivity contribution is -0.137. The molecule has 0 saturated carbocycles. The number of rotatable bonds is 9. The number of amides is 1. The summed E-state index contributed by atoms with van der Waals surface area (Å²) in [4.78, 5) is 25.3. The molecule has 0 bridgehead atoms. The van der Waals surface area contributed by atoms with Crippen molar-refractivity contribution in [2.45, 2.75) is 26.4 Å². The zero-order valence-electron chi connectivity index (χ0n) is 17.3. The van der Waals surface area contributed by atoms with Gasteiger partial charge in [0.05, 0.1) is 12.0 Å². The van der Waals surface area contributed by atoms with Crippen LogP contribution in [0.2, 0.25) is 0 Å². The van der Waals surface area contributed by atoms with Gasteiger partial charge in [-0.2, -0.15) is 0 Å². The molecule has 0 atom stereocenters. The lowest BCUT2D eigenvalue weighted by Crippen LogP contribution is -2.29. The Hall–Kier alpha value is -2.84. The Morgan fingerprint density at radius 3 is 2.61 bits per heavy atom. The first kappa shape index (κ1) is 22.8. The van der Waals surface area contributed by atoms with Crippen LogP contribution in [0.15, 0.2) is 47.4 Å². The third kappa shape index (κ3) is 6.08. The first-order chi connectivity index (χ1) is 14.9. The van der Waals surface area contributed by atoms with Crippen molar-refractivity contribution in [3.05, 3.63) is 64.1 Å². The number of carbonyl (C=O) groups excluding carboxylic acids is 1. The number of aliphatic carboxylic acids is 1. The molecule has 1 N–H and O–H groups in total. The first-order valence-electron chi connectivity index (χ1n) is 9.71. The summed E-state index contributed by atoms with van der Waals surface area (Å²) < 4.78 is 11.8. The van der Waals surface area contributed by atoms with Crippen molar-refractivity contribution in [2.75, 3.05) is 13.7 Å². The molecule has 0 unspecified atom stereocenters. The number of methoxy groups -OCH3 is 1. The second-order valence-corrected chi connectivity index (χ2v) is 8.69. The fraction of sp³-hybridized carbons (Fsp3) is 0.261. The highest BCUT2D eigenvalue weighted by molar-refractivity contribution is 8.26. The molecule has 0 aromatic heterocycles. The Morgan fingerprint density at radius 2 is 1.94 bits per heavy atom. The number of hydrogen-bond donors (Lipinski definition) is 1. The minimum absolute atomic E-state index is 0.00262. The Bertz CT molecular complexity index is 1020. The van der Waals surface area contributed by atoms with E-state index in [1.165, 1.54) is 22.2 Å². The van der Waals surface area contributed by atoms with Gasteiger partial charge in [-0.15, -0.1) is 0 Å². The topological polar surface area (TPSA) is 76.1 Å². The van der Waals surface area contributed by atoms with E-state index in [1.54, 1.807) is 19.3 Å². The highest BCUT2D eigenvalue weighted by Gasteiger charge is 2.31. The lowest BCUT2D eigenvalue weighted by atomic mass is 10.1. The highest BCUT2D eigenvalue weighted by atomic mass is 32.2. The molecule has 31 heavy (non-hydrogen) atoms. The maximum atomic E-state index is 12.6. The van der Waals surface area contributed by atoms with Gasteiger partial charge in [0.1, 0.15) is 10.9 Å². The predicted octanol–water partition coefficient (Wildman–Crippen LogP) is 4.65. The second kappa shape index (κ2) is 10.5. The predicted molar refractivity (Wildman–Crippen MR) is 125 cm³/mol. The molecule has 0 radical (unpaired) electrons. The van der Waals surface area contributed by atoms with Crippen molar-refractivity contribution in [1.29, 1.82) is 0 Å². The molecule has 1 saturated heterocycles. The number of thioether (sulfide) groups is 1. The Kier molecular flexibility index (Phi) is 7.70. The summed E-state index contributed by atoms with van der Waals surface area (Å²) in [6.45, 7) is 2.75. The number of benzene rings is 2. The second-order valence-electron chi connectivity index (χ2n) is 7.02. The van der Waals surface area contributed by atoms with Crippen LogP contribution in [0, 0.1) is 6.92 Å². The molecule has 1 fully saturated rings. The summed E-state index contributed by atoms with van der Waals surface area (Å²) in [5, 5.41) is 8.78. The Balaban J connectivity index is 1.69. The number of ether oxygens (including phenoxy) is 2. The van der Waals surface area contributed by atoms with Crippen molar-refractivity contribution in [3.63, 3.8) is 0 Å². The maximum absolute atomic E-state index is 12.6. The van der Waals surface area contributed by atoms with E-state index >= 15 is 0 Å². The zero-order chi connectivity index (χ0) is 22.4. The third-order valence-corrected chi connectivity index (χ3v) is 6.02. The van der Waals surface area contributed by atoms with Crippen LogP contribution in [-0.2, 0) is 16.2 Å². The fourth-order valence-electron chi connectivity index (χ4n) is 2.97. The van der Waals surface area contributed by atoms with Crippen LogP contribution >= 0.6 is 24.0 Å². The molecular weight excluding hydrogens is 434 g/mol. The van der Waals surface area contributed by atoms with E-state index in [2.05, 4.69) is 0 Å². The van der Waals surface area contributed by atoms with Gasteiger partial charge in [-0.3, -0.25) is 14.5 Å². The van der Waals surface area contributed by atoms with E-state index in [1.807, 2.05) is 43.3 Å². The van der Waals surface area contributed by atoms with Gasteiger partial charge in [0.25, 0.3) is 5.91 Å². The monoisotopic (exact) mass is 457 g/mol. The molecule has 1 heterocycles. The molecule has 1 amide bonds. The quantitative estimate of drug-likeness (QED) is 0.434. The van der Waals surface area contributed by atoms with Crippen LogP contribution in [0.4, 0.5) is 0 Å². The average molecular weight is 458 g/mol. The van der Waals surface area contributed by atoms with E-state index < -0.39 is 5.97 Å². The number of hydrogen-bond acceptors (Lipinski definition) is 6. The van der Waals surface area contributed by atoms with Crippen molar-refractivity contribution in [1.82, 2.24) is 4.90 Å². The average Bonchev–Trinajstić information content (AvgIpc) is 3.01. The standard InChI is InChI=1S/C23H23NO5S2/c1-15-5-7-16(8-6-15)14-29-18-10-9-17(12-19(18)28-2)13-20-22(27)24(23(30)31-20)11-3-4-21(25)26/h5-10,12-13H,3-4,11,14H2,1-2H3,(H,25,26)/b20-13-. The smallest absolute Gasteiger partial charge is 0.303 e. The summed E-state index contributed by atoms with van der Waals surface area (Å²) in [7, 11) is 1.57. The molecule has 2 aromatic carbocycles. The summed E-state index contributed by atoms with van der Waals surface area (Å²) in [6.07, 6.45) is 2.11. The molecule has 1 aliphatic heterocycles. The van der Waals surface area contributed by atoms with Crippen LogP contribution in [0.1, 0.15) is 29.5 Å². The minimum Gasteiger partial charge on any atom is -0.493 e. The number of nitrogens with zero attached hydrogens (tertiary/aromatic N) is 1. The third-order valence-electron chi connectivity index (χ3n) is 4.65. The molecule has 6 nitrogen and oxygen atoms in total. The van der Waals surface area contributed by atoms with Crippen molar-refractivity contribution >= 4 is 46.3 Å². The van der Waals surface area contributed by atoms with E-state index in [-0.39, 0.29) is 12.3 Å². The molecule has 0 aliphatic carbocycles. The lowest BCUT2D eigenvalue weighted by Gasteiger charge is -2.13. The minimum atomic E-state index is -0.891. The SMILES string of the molecule is COc1cc(/C=C2\SC(=S)N(CCCC(=O)O)C2=O)ccc1OCc1ccc(C)cc1. The Morgan fingerprint density at radius 1 is 1.19 bits per heavy atom. The van der Waals surface area contributed by atoms with E-state index in [0.717, 1.165) is 11.1 Å². The van der Waals surface area contributed by atoms with Crippen molar-refractivity contribution in [2.24, 2.45) is 0 Å². The molecule has 8 heteroatoms. The molecule has 2 aromatic rings. The summed E-state index contributed by atoms with van der Waals surface area (Å²) in [6, 6.07) is 13.6. The largest absolute Gasteiger partial charge is 0.493 e. The fourth-order valence-corrected chi connectivity index (χ4v) is 4.28. The van der Waals surface area contributed by atoms with Gasteiger partial charge in [0.15, 0.2) is 11.5 Å².